The van der Waals surface area contributed by atoms with E-state index in [2.05, 4.69) is 10.6 Å². The Morgan fingerprint density at radius 3 is 2.33 bits per heavy atom. The number of allylic oxidation sites excluding steroid dienone is 1. The predicted octanol–water partition coefficient (Wildman–Crippen LogP) is 5.64. The maximum absolute atomic E-state index is 13.2. The summed E-state index contributed by atoms with van der Waals surface area (Å²) < 4.78 is 22.1. The van der Waals surface area contributed by atoms with Crippen LogP contribution in [-0.4, -0.2) is 49.2 Å². The molecule has 0 saturated heterocycles. The number of benzene rings is 2. The lowest BCUT2D eigenvalue weighted by Gasteiger charge is -2.29. The van der Waals surface area contributed by atoms with Gasteiger partial charge in [-0.2, -0.15) is 0 Å². The van der Waals surface area contributed by atoms with Crippen LogP contribution in [0.3, 0.4) is 0 Å². The maximum atomic E-state index is 13.2. The summed E-state index contributed by atoms with van der Waals surface area (Å²) in [6.07, 6.45) is 6.20. The van der Waals surface area contributed by atoms with E-state index in [0.29, 0.717) is 39.6 Å². The molecule has 208 valence electrons. The van der Waals surface area contributed by atoms with Crippen LogP contribution in [0.5, 0.6) is 17.2 Å². The van der Waals surface area contributed by atoms with Gasteiger partial charge in [-0.3, -0.25) is 9.59 Å². The van der Waals surface area contributed by atoms with Gasteiger partial charge in [0, 0.05) is 0 Å². The van der Waals surface area contributed by atoms with Gasteiger partial charge < -0.3 is 29.6 Å². The number of amides is 2. The lowest BCUT2D eigenvalue weighted by molar-refractivity contribution is -0.117. The number of fused-ring (bicyclic) bond motifs is 1. The molecule has 2 N–H and O–H groups in total. The number of anilines is 1. The predicted molar refractivity (Wildman–Crippen MR) is 151 cm³/mol. The van der Waals surface area contributed by atoms with Crippen LogP contribution < -0.4 is 24.8 Å². The van der Waals surface area contributed by atoms with Gasteiger partial charge in [0.1, 0.15) is 34.5 Å². The van der Waals surface area contributed by atoms with Crippen molar-refractivity contribution in [2.45, 2.75) is 58.8 Å². The third-order valence-electron chi connectivity index (χ3n) is 5.69. The summed E-state index contributed by atoms with van der Waals surface area (Å²) in [6.45, 7) is 10.6. The van der Waals surface area contributed by atoms with Gasteiger partial charge in [0.15, 0.2) is 5.78 Å². The summed E-state index contributed by atoms with van der Waals surface area (Å²) in [6, 6.07) is 7.65. The molecule has 2 aromatic carbocycles. The molecule has 1 heterocycles. The molecule has 0 aliphatic carbocycles. The van der Waals surface area contributed by atoms with E-state index >= 15 is 0 Å². The van der Waals surface area contributed by atoms with Gasteiger partial charge in [-0.1, -0.05) is 12.1 Å². The van der Waals surface area contributed by atoms with Gasteiger partial charge in [-0.05, 0) is 89.6 Å². The summed E-state index contributed by atoms with van der Waals surface area (Å²) in [5.74, 6) is 0.780. The molecular formula is C30H36N2O7. The van der Waals surface area contributed by atoms with Crippen molar-refractivity contribution in [2.24, 2.45) is 0 Å². The van der Waals surface area contributed by atoms with E-state index in [1.54, 1.807) is 71.2 Å². The molecule has 0 fully saturated rings. The fraction of sp³-hybridized carbons (Fsp3) is 0.367. The fourth-order valence-corrected chi connectivity index (χ4v) is 3.78. The van der Waals surface area contributed by atoms with Crippen LogP contribution in [0.25, 0.3) is 12.2 Å². The zero-order valence-corrected chi connectivity index (χ0v) is 23.6. The second-order valence-electron chi connectivity index (χ2n) is 10.6. The molecule has 0 spiro atoms. The number of hydrogen-bond donors (Lipinski definition) is 2. The first-order valence-corrected chi connectivity index (χ1v) is 12.5. The molecule has 9 nitrogen and oxygen atoms in total. The number of alkyl carbamates (subject to hydrolysis) is 1. The van der Waals surface area contributed by atoms with Crippen molar-refractivity contribution < 1.29 is 33.3 Å². The van der Waals surface area contributed by atoms with Gasteiger partial charge >= 0.3 is 6.09 Å². The van der Waals surface area contributed by atoms with Gasteiger partial charge in [0.25, 0.3) is 0 Å². The third-order valence-corrected chi connectivity index (χ3v) is 5.69. The van der Waals surface area contributed by atoms with E-state index in [9.17, 15) is 14.4 Å². The molecule has 0 radical (unpaired) electrons. The molecule has 1 atom stereocenters. The molecule has 0 saturated carbocycles. The number of rotatable bonds is 8. The Labute approximate surface area is 229 Å². The number of carbonyl (C=O) groups is 3. The Morgan fingerprint density at radius 1 is 1.03 bits per heavy atom. The highest BCUT2D eigenvalue weighted by Gasteiger charge is 2.28. The topological polar surface area (TPSA) is 112 Å². The van der Waals surface area contributed by atoms with E-state index < -0.39 is 29.2 Å². The van der Waals surface area contributed by atoms with Crippen molar-refractivity contribution in [2.75, 3.05) is 19.5 Å². The molecule has 0 aromatic heterocycles. The highest BCUT2D eigenvalue weighted by molar-refractivity contribution is 6.09. The van der Waals surface area contributed by atoms with Crippen molar-refractivity contribution in [3.8, 4) is 17.2 Å². The van der Waals surface area contributed by atoms with Crippen LogP contribution in [0, 0.1) is 0 Å². The molecule has 1 aliphatic rings. The highest BCUT2D eigenvalue weighted by atomic mass is 16.6. The number of hydrogen-bond acceptors (Lipinski definition) is 7. The van der Waals surface area contributed by atoms with Crippen LogP contribution in [0.4, 0.5) is 10.5 Å². The lowest BCUT2D eigenvalue weighted by Crippen LogP contribution is -2.44. The second kappa shape index (κ2) is 11.6. The monoisotopic (exact) mass is 536 g/mol. The van der Waals surface area contributed by atoms with Crippen molar-refractivity contribution in [3.05, 3.63) is 59.2 Å². The first-order chi connectivity index (χ1) is 18.2. The highest BCUT2D eigenvalue weighted by Crippen LogP contribution is 2.40. The van der Waals surface area contributed by atoms with Crippen molar-refractivity contribution >= 4 is 35.6 Å². The van der Waals surface area contributed by atoms with Gasteiger partial charge in [-0.25, -0.2) is 4.79 Å². The van der Waals surface area contributed by atoms with Crippen molar-refractivity contribution in [1.82, 2.24) is 5.32 Å². The summed E-state index contributed by atoms with van der Waals surface area (Å²) >= 11 is 0. The average molecular weight is 537 g/mol. The largest absolute Gasteiger partial charge is 0.496 e. The van der Waals surface area contributed by atoms with Crippen LogP contribution >= 0.6 is 0 Å². The zero-order chi connectivity index (χ0) is 29.0. The second-order valence-corrected chi connectivity index (χ2v) is 10.6. The van der Waals surface area contributed by atoms with E-state index in [4.69, 9.17) is 18.9 Å². The molecule has 0 bridgehead atoms. The molecule has 2 amide bonds. The Morgan fingerprint density at radius 2 is 1.69 bits per heavy atom. The van der Waals surface area contributed by atoms with E-state index in [0.717, 1.165) is 0 Å². The molecular weight excluding hydrogens is 500 g/mol. The number of ketones is 1. The number of nitrogens with one attached hydrogen (secondary N) is 2. The molecule has 39 heavy (non-hydrogen) atoms. The minimum absolute atomic E-state index is 0.253. The summed E-state index contributed by atoms with van der Waals surface area (Å²) in [5.41, 5.74) is 0.883. The number of carbonyl (C=O) groups excluding carboxylic acids is 3. The van der Waals surface area contributed by atoms with E-state index in [-0.39, 0.29) is 5.78 Å². The summed E-state index contributed by atoms with van der Waals surface area (Å²) in [4.78, 5) is 38.0. The Balaban J connectivity index is 1.79. The van der Waals surface area contributed by atoms with Crippen molar-refractivity contribution in [1.29, 1.82) is 0 Å². The maximum Gasteiger partial charge on any atom is 0.408 e. The summed E-state index contributed by atoms with van der Waals surface area (Å²) in [5, 5.41) is 5.26. The SMILES string of the molecule is COc1ccc(C=CC(=O)c2ccc(OC)c3c2OC(C)(C)C=C3)cc1NC(=O)C(C)NC(=O)OC(C)(C)C. The summed E-state index contributed by atoms with van der Waals surface area (Å²) in [7, 11) is 3.05. The Bertz CT molecular complexity index is 1320. The van der Waals surface area contributed by atoms with Crippen LogP contribution in [0.15, 0.2) is 42.5 Å². The smallest absolute Gasteiger partial charge is 0.408 e. The molecule has 2 aromatic rings. The molecule has 3 rings (SSSR count). The minimum atomic E-state index is -0.870. The van der Waals surface area contributed by atoms with Gasteiger partial charge in [0.2, 0.25) is 5.91 Å². The molecule has 1 aliphatic heterocycles. The average Bonchev–Trinajstić information content (AvgIpc) is 2.84. The molecule has 1 unspecified atom stereocenters. The molecule has 9 heteroatoms. The normalized spacial score (nSPS) is 14.6. The first-order valence-electron chi connectivity index (χ1n) is 12.5. The standard InChI is InChI=1S/C30H36N2O7/c1-18(31-28(35)39-29(2,3)4)27(34)32-22-17-19(10-13-25(22)37-8)9-12-23(33)20-11-14-24(36-7)21-15-16-30(5,6)38-26(20)21/h9-18H,1-8H3,(H,31,35)(H,32,34). The Hall–Kier alpha value is -4.27. The third kappa shape index (κ3) is 7.63. The fourth-order valence-electron chi connectivity index (χ4n) is 3.78. The lowest BCUT2D eigenvalue weighted by atomic mass is 9.97. The minimum Gasteiger partial charge on any atom is -0.496 e. The zero-order valence-electron chi connectivity index (χ0n) is 23.6. The van der Waals surface area contributed by atoms with E-state index in [1.807, 2.05) is 26.0 Å². The number of methoxy groups -OCH3 is 2. The van der Waals surface area contributed by atoms with Crippen molar-refractivity contribution in [3.63, 3.8) is 0 Å². The number of ether oxygens (including phenoxy) is 4. The van der Waals surface area contributed by atoms with Gasteiger partial charge in [-0.15, -0.1) is 0 Å². The van der Waals surface area contributed by atoms with Crippen LogP contribution in [0.2, 0.25) is 0 Å². The van der Waals surface area contributed by atoms with E-state index in [1.165, 1.54) is 13.2 Å². The van der Waals surface area contributed by atoms with Crippen LogP contribution in [-0.2, 0) is 9.53 Å². The Kier molecular flexibility index (Phi) is 8.74. The van der Waals surface area contributed by atoms with Crippen LogP contribution in [0.1, 0.15) is 63.0 Å². The van der Waals surface area contributed by atoms with Gasteiger partial charge in [0.05, 0.1) is 31.0 Å². The first kappa shape index (κ1) is 29.3. The quantitative estimate of drug-likeness (QED) is 0.332.